The Morgan fingerprint density at radius 3 is 1.96 bits per heavy atom. The van der Waals surface area contributed by atoms with Gasteiger partial charge in [-0.25, -0.2) is 9.97 Å². The first-order valence-corrected chi connectivity index (χ1v) is 17.4. The Balaban J connectivity index is 1.82. The van der Waals surface area contributed by atoms with Gasteiger partial charge < -0.3 is 19.1 Å². The predicted molar refractivity (Wildman–Crippen MR) is 169 cm³/mol. The van der Waals surface area contributed by atoms with Gasteiger partial charge in [0.25, 0.3) is 0 Å². The molecule has 4 rings (SSSR count). The summed E-state index contributed by atoms with van der Waals surface area (Å²) in [5.74, 6) is 0.524. The van der Waals surface area contributed by atoms with E-state index in [0.29, 0.717) is 30.8 Å². The van der Waals surface area contributed by atoms with E-state index in [9.17, 15) is 44.1 Å². The van der Waals surface area contributed by atoms with Crippen molar-refractivity contribution in [1.82, 2.24) is 9.97 Å². The molecule has 1 saturated carbocycles. The third-order valence-electron chi connectivity index (χ3n) is 8.50. The smallest absolute Gasteiger partial charge is 0.416 e. The van der Waals surface area contributed by atoms with Gasteiger partial charge in [0.15, 0.2) is 5.75 Å². The SMILES string of the molecule is CCN(CC1CCCC1)c1cc(C(F)(F)F)ccc1CN(c1ncc(OCC[S+](C)[O-])cn1)C(C)c1cc(C(F)(F)F)cc(C(F)(F)F)c1. The largest absolute Gasteiger partial charge is 0.616 e. The molecule has 0 amide bonds. The van der Waals surface area contributed by atoms with Gasteiger partial charge >= 0.3 is 18.5 Å². The van der Waals surface area contributed by atoms with Gasteiger partial charge in [-0.1, -0.05) is 30.1 Å². The Hall–Kier alpha value is -3.40. The van der Waals surface area contributed by atoms with Crippen molar-refractivity contribution in [2.75, 3.05) is 41.5 Å². The summed E-state index contributed by atoms with van der Waals surface area (Å²) < 4.78 is 142. The van der Waals surface area contributed by atoms with Crippen LogP contribution in [0.5, 0.6) is 5.75 Å². The summed E-state index contributed by atoms with van der Waals surface area (Å²) in [6.45, 7) is 3.82. The first kappa shape index (κ1) is 38.4. The van der Waals surface area contributed by atoms with E-state index in [1.807, 2.05) is 4.90 Å². The topological polar surface area (TPSA) is 64.5 Å². The second kappa shape index (κ2) is 15.7. The van der Waals surface area contributed by atoms with Crippen molar-refractivity contribution < 1.29 is 48.8 Å². The van der Waals surface area contributed by atoms with Crippen LogP contribution >= 0.6 is 0 Å². The fraction of sp³-hybridized carbons (Fsp3) is 0.515. The average molecular weight is 725 g/mol. The number of halogens is 9. The zero-order valence-electron chi connectivity index (χ0n) is 27.1. The molecule has 0 saturated heterocycles. The van der Waals surface area contributed by atoms with Gasteiger partial charge in [0.2, 0.25) is 5.95 Å². The van der Waals surface area contributed by atoms with Crippen molar-refractivity contribution in [3.63, 3.8) is 0 Å². The van der Waals surface area contributed by atoms with Gasteiger partial charge in [-0.3, -0.25) is 0 Å². The molecule has 0 radical (unpaired) electrons. The number of hydrogen-bond acceptors (Lipinski definition) is 6. The van der Waals surface area contributed by atoms with Crippen LogP contribution in [0, 0.1) is 5.92 Å². The van der Waals surface area contributed by atoms with Gasteiger partial charge in [0, 0.05) is 25.3 Å². The summed E-state index contributed by atoms with van der Waals surface area (Å²) in [5.41, 5.74) is -3.68. The zero-order valence-corrected chi connectivity index (χ0v) is 27.9. The first-order chi connectivity index (χ1) is 22.9. The number of rotatable bonds is 13. The maximum Gasteiger partial charge on any atom is 0.416 e. The molecule has 0 spiro atoms. The zero-order chi connectivity index (χ0) is 36.1. The number of aromatic nitrogens is 2. The standard InChI is InChI=1S/C33H37F9N4O2S/c1-4-45(19-22-7-5-6-8-22)29-16-25(31(34,35)36)10-9-23(29)20-46(30-43-17-28(18-44-30)48-11-12-49(3)47)21(2)24-13-26(32(37,38)39)15-27(14-24)33(40,41)42/h9-10,13-18,21-22H,4-8,11-12,19-20H2,1-3H3. The van der Waals surface area contributed by atoms with Crippen molar-refractivity contribution in [2.24, 2.45) is 5.92 Å². The molecule has 1 aromatic heterocycles. The monoisotopic (exact) mass is 724 g/mol. The molecule has 270 valence electrons. The highest BCUT2D eigenvalue weighted by Gasteiger charge is 2.38. The van der Waals surface area contributed by atoms with E-state index in [2.05, 4.69) is 9.97 Å². The van der Waals surface area contributed by atoms with Crippen molar-refractivity contribution in [1.29, 1.82) is 0 Å². The fourth-order valence-corrected chi connectivity index (χ4v) is 6.16. The van der Waals surface area contributed by atoms with Gasteiger partial charge in [0.1, 0.15) is 12.4 Å². The maximum atomic E-state index is 13.9. The highest BCUT2D eigenvalue weighted by Crippen LogP contribution is 2.41. The summed E-state index contributed by atoms with van der Waals surface area (Å²) in [7, 11) is 0. The molecule has 2 aromatic carbocycles. The van der Waals surface area contributed by atoms with E-state index in [1.54, 1.807) is 6.92 Å². The lowest BCUT2D eigenvalue weighted by Crippen LogP contribution is -2.32. The van der Waals surface area contributed by atoms with E-state index in [-0.39, 0.29) is 53.8 Å². The molecule has 0 N–H and O–H groups in total. The van der Waals surface area contributed by atoms with Crippen LogP contribution in [0.2, 0.25) is 0 Å². The third-order valence-corrected chi connectivity index (χ3v) is 9.24. The highest BCUT2D eigenvalue weighted by atomic mass is 32.2. The van der Waals surface area contributed by atoms with Gasteiger partial charge in [0.05, 0.1) is 41.4 Å². The van der Waals surface area contributed by atoms with E-state index < -0.39 is 52.4 Å². The number of nitrogens with zero attached hydrogens (tertiary/aromatic N) is 4. The molecule has 0 bridgehead atoms. The lowest BCUT2D eigenvalue weighted by molar-refractivity contribution is -0.143. The molecule has 6 nitrogen and oxygen atoms in total. The lowest BCUT2D eigenvalue weighted by atomic mass is 9.98. The molecule has 49 heavy (non-hydrogen) atoms. The Morgan fingerprint density at radius 2 is 1.45 bits per heavy atom. The van der Waals surface area contributed by atoms with Crippen molar-refractivity contribution in [2.45, 2.75) is 70.6 Å². The molecule has 3 aromatic rings. The fourth-order valence-electron chi connectivity index (χ4n) is 5.84. The van der Waals surface area contributed by atoms with Crippen molar-refractivity contribution in [3.8, 4) is 5.75 Å². The molecule has 2 atom stereocenters. The number of ether oxygens (including phenoxy) is 1. The van der Waals surface area contributed by atoms with Gasteiger partial charge in [-0.15, -0.1) is 0 Å². The summed E-state index contributed by atoms with van der Waals surface area (Å²) >= 11 is -1.14. The molecule has 1 aliphatic rings. The number of alkyl halides is 9. The molecule has 0 aliphatic heterocycles. The number of hydrogen-bond donors (Lipinski definition) is 0. The van der Waals surface area contributed by atoms with E-state index >= 15 is 0 Å². The maximum absolute atomic E-state index is 13.9. The second-order valence-corrected chi connectivity index (χ2v) is 13.6. The minimum absolute atomic E-state index is 0.0304. The molecule has 16 heteroatoms. The summed E-state index contributed by atoms with van der Waals surface area (Å²) in [6, 6.07) is 3.22. The van der Waals surface area contributed by atoms with Crippen LogP contribution < -0.4 is 14.5 Å². The molecular weight excluding hydrogens is 687 g/mol. The van der Waals surface area contributed by atoms with Crippen molar-refractivity contribution >= 4 is 22.8 Å². The van der Waals surface area contributed by atoms with Crippen LogP contribution in [0.15, 0.2) is 48.8 Å². The molecule has 1 heterocycles. The molecule has 2 unspecified atom stereocenters. The van der Waals surface area contributed by atoms with Crippen LogP contribution in [0.1, 0.15) is 73.4 Å². The molecular formula is C33H37F9N4O2S. The number of benzene rings is 2. The minimum Gasteiger partial charge on any atom is -0.616 e. The van der Waals surface area contributed by atoms with E-state index in [4.69, 9.17) is 4.74 Å². The third kappa shape index (κ3) is 10.3. The molecule has 1 fully saturated rings. The quantitative estimate of drug-likeness (QED) is 0.130. The van der Waals surface area contributed by atoms with Crippen LogP contribution in [-0.2, 0) is 36.2 Å². The Kier molecular flexibility index (Phi) is 12.3. The minimum atomic E-state index is -5.10. The Morgan fingerprint density at radius 1 is 0.878 bits per heavy atom. The van der Waals surface area contributed by atoms with Crippen LogP contribution in [0.25, 0.3) is 0 Å². The van der Waals surface area contributed by atoms with E-state index in [0.717, 1.165) is 37.8 Å². The van der Waals surface area contributed by atoms with Crippen LogP contribution in [-0.4, -0.2) is 46.2 Å². The normalized spacial score (nSPS) is 15.7. The first-order valence-electron chi connectivity index (χ1n) is 15.6. The van der Waals surface area contributed by atoms with E-state index in [1.165, 1.54) is 36.5 Å². The average Bonchev–Trinajstić information content (AvgIpc) is 3.54. The lowest BCUT2D eigenvalue weighted by Gasteiger charge is -2.34. The van der Waals surface area contributed by atoms with Gasteiger partial charge in [-0.05, 0) is 74.1 Å². The summed E-state index contributed by atoms with van der Waals surface area (Å²) in [6.07, 6.45) is -7.02. The van der Waals surface area contributed by atoms with Crippen LogP contribution in [0.3, 0.4) is 0 Å². The highest BCUT2D eigenvalue weighted by molar-refractivity contribution is 7.90. The number of anilines is 2. The predicted octanol–water partition coefficient (Wildman–Crippen LogP) is 9.07. The summed E-state index contributed by atoms with van der Waals surface area (Å²) in [4.78, 5) is 11.7. The molecule has 1 aliphatic carbocycles. The Labute approximate surface area is 281 Å². The van der Waals surface area contributed by atoms with Crippen molar-refractivity contribution in [3.05, 3.63) is 76.6 Å². The Bertz CT molecular complexity index is 1490. The summed E-state index contributed by atoms with van der Waals surface area (Å²) in [5, 5.41) is 0. The van der Waals surface area contributed by atoms with Gasteiger partial charge in [-0.2, -0.15) is 39.5 Å². The van der Waals surface area contributed by atoms with Crippen LogP contribution in [0.4, 0.5) is 51.1 Å². The second-order valence-electron chi connectivity index (χ2n) is 12.0.